The Balaban J connectivity index is 1.09. The summed E-state index contributed by atoms with van der Waals surface area (Å²) in [5.41, 5.74) is 8.99. The highest BCUT2D eigenvalue weighted by Crippen LogP contribution is 2.50. The summed E-state index contributed by atoms with van der Waals surface area (Å²) in [5, 5.41) is 14.6. The normalized spacial score (nSPS) is 19.1. The molecular weight excluding hydrogens is 811 g/mol. The molecule has 272 valence electrons. The molecule has 2 atom stereocenters. The van der Waals surface area contributed by atoms with Crippen LogP contribution in [0.2, 0.25) is 0 Å². The number of nitrogens with zero attached hydrogens (tertiary/aromatic N) is 3. The number of aliphatic imine (C=N–C) groups is 1. The molecule has 0 unspecified atom stereocenters. The van der Waals surface area contributed by atoms with Crippen LogP contribution in [-0.2, 0) is 11.4 Å². The average Bonchev–Trinajstić information content (AvgIpc) is 3.52. The number of nitrogens with one attached hydrogen (secondary N) is 1. The largest absolute Gasteiger partial charge is 0.490 e. The summed E-state index contributed by atoms with van der Waals surface area (Å²) in [5.74, 6) is 1.43. The van der Waals surface area contributed by atoms with Gasteiger partial charge in [0, 0.05) is 42.7 Å². The molecule has 1 saturated heterocycles. The maximum Gasteiger partial charge on any atom is 0.269 e. The molecule has 1 N–H and O–H groups in total. The topological polar surface area (TPSA) is 106 Å². The number of carbonyl (C=O) groups excluding carboxylic acids is 1. The summed E-state index contributed by atoms with van der Waals surface area (Å²) in [6.07, 6.45) is 3.92. The van der Waals surface area contributed by atoms with Crippen molar-refractivity contribution in [1.29, 1.82) is 0 Å². The minimum Gasteiger partial charge on any atom is -0.490 e. The third-order valence-electron chi connectivity index (χ3n) is 10.0. The van der Waals surface area contributed by atoms with Gasteiger partial charge in [-0.2, -0.15) is 0 Å². The Morgan fingerprint density at radius 3 is 2.13 bits per heavy atom. The van der Waals surface area contributed by atoms with Crippen molar-refractivity contribution in [1.82, 2.24) is 5.32 Å². The second-order valence-electron chi connectivity index (χ2n) is 13.4. The van der Waals surface area contributed by atoms with Crippen LogP contribution in [0.15, 0.2) is 119 Å². The van der Waals surface area contributed by atoms with E-state index in [4.69, 9.17) is 14.5 Å². The van der Waals surface area contributed by atoms with Crippen molar-refractivity contribution in [3.63, 3.8) is 0 Å². The minimum atomic E-state index is -0.425. The van der Waals surface area contributed by atoms with Gasteiger partial charge in [0.15, 0.2) is 16.7 Å². The fourth-order valence-corrected chi connectivity index (χ4v) is 9.22. The van der Waals surface area contributed by atoms with E-state index >= 15 is 0 Å². The Labute approximate surface area is 331 Å². The first-order chi connectivity index (χ1) is 26.3. The third-order valence-corrected chi connectivity index (χ3v) is 11.8. The van der Waals surface area contributed by atoms with Gasteiger partial charge >= 0.3 is 0 Å². The zero-order valence-corrected chi connectivity index (χ0v) is 32.5. The number of ether oxygens (including phenoxy) is 2. The predicted octanol–water partition coefficient (Wildman–Crippen LogP) is 9.95. The second kappa shape index (κ2) is 15.7. The van der Waals surface area contributed by atoms with Crippen molar-refractivity contribution in [2.24, 2.45) is 4.99 Å². The maximum absolute atomic E-state index is 13.4. The van der Waals surface area contributed by atoms with Crippen molar-refractivity contribution in [3.8, 4) is 11.5 Å². The quantitative estimate of drug-likeness (QED) is 0.0646. The van der Waals surface area contributed by atoms with E-state index in [0.29, 0.717) is 28.2 Å². The molecule has 11 heteroatoms. The third kappa shape index (κ3) is 7.47. The summed E-state index contributed by atoms with van der Waals surface area (Å²) in [6, 6.07) is 36.0. The van der Waals surface area contributed by atoms with E-state index in [1.165, 1.54) is 51.8 Å². The van der Waals surface area contributed by atoms with Crippen LogP contribution in [0, 0.1) is 13.7 Å². The van der Waals surface area contributed by atoms with Crippen LogP contribution in [0.4, 0.5) is 17.1 Å². The van der Waals surface area contributed by atoms with E-state index < -0.39 is 4.92 Å². The Kier molecular flexibility index (Phi) is 10.4. The number of nitro groups is 1. The van der Waals surface area contributed by atoms with E-state index in [0.717, 1.165) is 46.3 Å². The maximum atomic E-state index is 13.4. The highest BCUT2D eigenvalue weighted by atomic mass is 127. The molecule has 9 nitrogen and oxygen atoms in total. The number of amidine groups is 1. The van der Waals surface area contributed by atoms with Gasteiger partial charge in [0.05, 0.1) is 25.7 Å². The first-order valence-corrected chi connectivity index (χ1v) is 19.9. The van der Waals surface area contributed by atoms with Gasteiger partial charge in [-0.3, -0.25) is 14.9 Å². The van der Waals surface area contributed by atoms with Crippen molar-refractivity contribution in [3.05, 3.63) is 161 Å². The molecule has 5 aromatic carbocycles. The van der Waals surface area contributed by atoms with Crippen molar-refractivity contribution in [2.75, 3.05) is 24.6 Å². The number of benzene rings is 5. The van der Waals surface area contributed by atoms with Crippen LogP contribution >= 0.6 is 34.4 Å². The van der Waals surface area contributed by atoms with Crippen molar-refractivity contribution in [2.45, 2.75) is 38.2 Å². The molecule has 1 amide bonds. The fourth-order valence-electron chi connectivity index (χ4n) is 7.60. The lowest BCUT2D eigenvalue weighted by molar-refractivity contribution is -0.384. The lowest BCUT2D eigenvalue weighted by Crippen LogP contribution is -2.37. The van der Waals surface area contributed by atoms with E-state index in [9.17, 15) is 14.9 Å². The summed E-state index contributed by atoms with van der Waals surface area (Å²) < 4.78 is 12.9. The molecule has 8 rings (SSSR count). The molecule has 1 fully saturated rings. The standard InChI is InChI=1S/C43H37IN4O5S/c1-2-52-38-22-28(21-37(44)41(38)53-26-27-13-15-32(16-14-27)48(50)51)23-39-42(49)46-43(54-39)45-31-24-35-33(29-9-5-3-6-10-29)17-19-47-20-18-34(36(25-31)40(35)47)30-11-7-4-8-12-30/h3-16,21-25,33-34H,2,17-20,26H2,1H3,(H,45,46,49)/b39-23-/t33-,34+. The van der Waals surface area contributed by atoms with E-state index in [-0.39, 0.29) is 30.0 Å². The molecule has 0 bridgehead atoms. The molecule has 54 heavy (non-hydrogen) atoms. The van der Waals surface area contributed by atoms with Crippen molar-refractivity contribution < 1.29 is 19.2 Å². The van der Waals surface area contributed by atoms with Crippen LogP contribution in [-0.4, -0.2) is 35.7 Å². The first-order valence-electron chi connectivity index (χ1n) is 18.0. The van der Waals surface area contributed by atoms with Crippen LogP contribution in [0.5, 0.6) is 11.5 Å². The molecule has 0 spiro atoms. The second-order valence-corrected chi connectivity index (χ2v) is 15.6. The summed E-state index contributed by atoms with van der Waals surface area (Å²) >= 11 is 3.53. The van der Waals surface area contributed by atoms with E-state index in [1.807, 2.05) is 25.1 Å². The Hall–Kier alpha value is -5.14. The number of carbonyl (C=O) groups is 1. The van der Waals surface area contributed by atoms with Gasteiger partial charge in [0.2, 0.25) is 0 Å². The van der Waals surface area contributed by atoms with Crippen molar-refractivity contribution >= 4 is 68.6 Å². The van der Waals surface area contributed by atoms with Crippen LogP contribution in [0.3, 0.4) is 0 Å². The zero-order valence-electron chi connectivity index (χ0n) is 29.5. The zero-order chi connectivity index (χ0) is 37.2. The number of amides is 1. The number of halogens is 1. The molecule has 3 aliphatic rings. The summed E-state index contributed by atoms with van der Waals surface area (Å²) in [7, 11) is 0. The monoisotopic (exact) mass is 848 g/mol. The van der Waals surface area contributed by atoms with Gasteiger partial charge in [0.1, 0.15) is 6.61 Å². The van der Waals surface area contributed by atoms with Gasteiger partial charge in [-0.25, -0.2) is 4.99 Å². The van der Waals surface area contributed by atoms with Gasteiger partial charge in [-0.05, 0) is 130 Å². The van der Waals surface area contributed by atoms with Gasteiger partial charge in [-0.15, -0.1) is 0 Å². The summed E-state index contributed by atoms with van der Waals surface area (Å²) in [4.78, 5) is 32.1. The Bertz CT molecular complexity index is 2210. The number of hydrogen-bond donors (Lipinski definition) is 1. The van der Waals surface area contributed by atoms with E-state index in [2.05, 4.69) is 106 Å². The van der Waals surface area contributed by atoms with E-state index in [1.54, 1.807) is 12.1 Å². The summed E-state index contributed by atoms with van der Waals surface area (Å²) in [6.45, 7) is 4.58. The predicted molar refractivity (Wildman–Crippen MR) is 223 cm³/mol. The average molecular weight is 849 g/mol. The highest BCUT2D eigenvalue weighted by Gasteiger charge is 2.35. The number of non-ortho nitro benzene ring substituents is 1. The van der Waals surface area contributed by atoms with Crippen LogP contribution in [0.25, 0.3) is 6.08 Å². The highest BCUT2D eigenvalue weighted by molar-refractivity contribution is 14.1. The fraction of sp³-hybridized carbons (Fsp3) is 0.209. The first kappa shape index (κ1) is 35.9. The van der Waals surface area contributed by atoms with Gasteiger partial charge in [0.25, 0.3) is 11.6 Å². The Morgan fingerprint density at radius 1 is 0.907 bits per heavy atom. The Morgan fingerprint density at radius 2 is 1.54 bits per heavy atom. The van der Waals surface area contributed by atoms with Gasteiger partial charge in [-0.1, -0.05) is 60.7 Å². The lowest BCUT2D eigenvalue weighted by atomic mass is 9.76. The van der Waals surface area contributed by atoms with Crippen LogP contribution < -0.4 is 19.7 Å². The molecule has 0 aliphatic carbocycles. The molecule has 0 radical (unpaired) electrons. The molecule has 3 aliphatic heterocycles. The molecule has 5 aromatic rings. The van der Waals surface area contributed by atoms with Crippen LogP contribution in [0.1, 0.15) is 65.0 Å². The molecule has 0 aromatic heterocycles. The van der Waals surface area contributed by atoms with Gasteiger partial charge < -0.3 is 19.7 Å². The SMILES string of the molecule is CCOc1cc(/C=C2\SC(=Nc3cc4c5c(c3)[C@H](c3ccccc3)CCN5CC[C@@H]4c3ccccc3)NC2=O)cc(I)c1OCc1ccc([N+](=O)[O-])cc1. The lowest BCUT2D eigenvalue weighted by Gasteiger charge is -2.43. The smallest absolute Gasteiger partial charge is 0.269 e. The molecule has 3 heterocycles. The molecule has 0 saturated carbocycles. The number of nitro benzene ring substituents is 1. The number of rotatable bonds is 10. The minimum absolute atomic E-state index is 0.0277. The number of hydrogen-bond acceptors (Lipinski definition) is 8. The molecular formula is C43H37IN4O5S. The number of thioether (sulfide) groups is 1. The number of anilines is 1.